The minimum Gasteiger partial charge on any atom is -0.459 e. The van der Waals surface area contributed by atoms with E-state index in [1.54, 1.807) is 31.2 Å². The van der Waals surface area contributed by atoms with Gasteiger partial charge in [0, 0.05) is 6.61 Å². The van der Waals surface area contributed by atoms with Gasteiger partial charge in [0.15, 0.2) is 6.10 Å². The van der Waals surface area contributed by atoms with Gasteiger partial charge in [-0.1, -0.05) is 51.0 Å². The van der Waals surface area contributed by atoms with Crippen molar-refractivity contribution in [1.29, 1.82) is 0 Å². The highest BCUT2D eigenvalue weighted by Gasteiger charge is 2.16. The fourth-order valence-electron chi connectivity index (χ4n) is 2.88. The van der Waals surface area contributed by atoms with E-state index in [1.807, 2.05) is 38.1 Å². The molecule has 30 heavy (non-hydrogen) atoms. The Morgan fingerprint density at radius 2 is 1.47 bits per heavy atom. The molecular formula is C25H32O5. The summed E-state index contributed by atoms with van der Waals surface area (Å²) in [4.78, 5) is 24.3. The molecule has 2 rings (SSSR count). The zero-order valence-corrected chi connectivity index (χ0v) is 18.4. The smallest absolute Gasteiger partial charge is 0.340 e. The maximum Gasteiger partial charge on any atom is 0.340 e. The third-order valence-corrected chi connectivity index (χ3v) is 4.70. The summed E-state index contributed by atoms with van der Waals surface area (Å²) in [6.07, 6.45) is 3.18. The SMILES string of the molecule is CCCC[C@H](C)OC(=O)c1ccc(-c2ccc(OC(=O)[C@H](C)OCCC)cc2)cc1. The minimum absolute atomic E-state index is 0.0810. The Kier molecular flexibility index (Phi) is 9.55. The molecule has 0 saturated carbocycles. The Hall–Kier alpha value is -2.66. The van der Waals surface area contributed by atoms with Crippen LogP contribution in [0.2, 0.25) is 0 Å². The van der Waals surface area contributed by atoms with E-state index < -0.39 is 12.1 Å². The van der Waals surface area contributed by atoms with E-state index in [2.05, 4.69) is 6.92 Å². The van der Waals surface area contributed by atoms with Crippen molar-refractivity contribution in [3.8, 4) is 16.9 Å². The summed E-state index contributed by atoms with van der Waals surface area (Å²) in [6, 6.07) is 14.6. The molecule has 0 aliphatic rings. The van der Waals surface area contributed by atoms with Crippen LogP contribution >= 0.6 is 0 Å². The Morgan fingerprint density at radius 1 is 0.867 bits per heavy atom. The molecule has 0 saturated heterocycles. The van der Waals surface area contributed by atoms with Crippen molar-refractivity contribution in [2.45, 2.75) is 65.6 Å². The lowest BCUT2D eigenvalue weighted by Gasteiger charge is -2.13. The predicted molar refractivity (Wildman–Crippen MR) is 118 cm³/mol. The van der Waals surface area contributed by atoms with E-state index in [0.29, 0.717) is 17.9 Å². The zero-order chi connectivity index (χ0) is 21.9. The summed E-state index contributed by atoms with van der Waals surface area (Å²) in [6.45, 7) is 8.24. The van der Waals surface area contributed by atoms with Gasteiger partial charge in [0.1, 0.15) is 5.75 Å². The van der Waals surface area contributed by atoms with Gasteiger partial charge in [-0.2, -0.15) is 0 Å². The first-order chi connectivity index (χ1) is 14.4. The summed E-state index contributed by atoms with van der Waals surface area (Å²) in [5, 5.41) is 0. The number of hydrogen-bond donors (Lipinski definition) is 0. The van der Waals surface area contributed by atoms with Gasteiger partial charge in [-0.15, -0.1) is 0 Å². The summed E-state index contributed by atoms with van der Waals surface area (Å²) in [7, 11) is 0. The lowest BCUT2D eigenvalue weighted by molar-refractivity contribution is -0.146. The van der Waals surface area contributed by atoms with E-state index in [4.69, 9.17) is 14.2 Å². The Morgan fingerprint density at radius 3 is 2.03 bits per heavy atom. The molecule has 2 aromatic carbocycles. The van der Waals surface area contributed by atoms with Crippen LogP contribution in [0.3, 0.4) is 0 Å². The van der Waals surface area contributed by atoms with Crippen LogP contribution in [0.5, 0.6) is 5.75 Å². The summed E-state index contributed by atoms with van der Waals surface area (Å²) in [5.74, 6) is -0.240. The van der Waals surface area contributed by atoms with Crippen LogP contribution in [-0.2, 0) is 14.3 Å². The molecule has 0 N–H and O–H groups in total. The molecule has 0 aliphatic heterocycles. The molecule has 2 aromatic rings. The van der Waals surface area contributed by atoms with Crippen molar-refractivity contribution in [2.75, 3.05) is 6.61 Å². The van der Waals surface area contributed by atoms with E-state index in [0.717, 1.165) is 36.8 Å². The van der Waals surface area contributed by atoms with E-state index in [-0.39, 0.29) is 12.1 Å². The highest BCUT2D eigenvalue weighted by atomic mass is 16.6. The number of unbranched alkanes of at least 4 members (excludes halogenated alkanes) is 1. The first kappa shape index (κ1) is 23.6. The predicted octanol–water partition coefficient (Wildman–Crippen LogP) is 5.81. The third-order valence-electron chi connectivity index (χ3n) is 4.70. The molecule has 162 valence electrons. The largest absolute Gasteiger partial charge is 0.459 e. The van der Waals surface area contributed by atoms with Gasteiger partial charge in [-0.3, -0.25) is 0 Å². The molecule has 0 bridgehead atoms. The maximum atomic E-state index is 12.3. The van der Waals surface area contributed by atoms with Crippen LogP contribution in [0.25, 0.3) is 11.1 Å². The molecule has 5 nitrogen and oxygen atoms in total. The lowest BCUT2D eigenvalue weighted by atomic mass is 10.0. The van der Waals surface area contributed by atoms with Gasteiger partial charge >= 0.3 is 11.9 Å². The molecule has 2 atom stereocenters. The van der Waals surface area contributed by atoms with E-state index >= 15 is 0 Å². The van der Waals surface area contributed by atoms with Gasteiger partial charge in [0.2, 0.25) is 0 Å². The van der Waals surface area contributed by atoms with Gasteiger partial charge in [0.05, 0.1) is 11.7 Å². The number of rotatable bonds is 11. The van der Waals surface area contributed by atoms with E-state index in [1.165, 1.54) is 0 Å². The first-order valence-corrected chi connectivity index (χ1v) is 10.7. The maximum absolute atomic E-state index is 12.3. The van der Waals surface area contributed by atoms with Crippen molar-refractivity contribution in [3.05, 3.63) is 54.1 Å². The summed E-state index contributed by atoms with van der Waals surface area (Å²) in [5.41, 5.74) is 2.46. The quantitative estimate of drug-likeness (QED) is 0.344. The number of esters is 2. The Bertz CT molecular complexity index is 795. The Balaban J connectivity index is 1.95. The van der Waals surface area contributed by atoms with Gasteiger partial charge < -0.3 is 14.2 Å². The van der Waals surface area contributed by atoms with Crippen LogP contribution < -0.4 is 4.74 Å². The highest BCUT2D eigenvalue weighted by Crippen LogP contribution is 2.23. The molecule has 0 radical (unpaired) electrons. The molecule has 0 heterocycles. The first-order valence-electron chi connectivity index (χ1n) is 10.7. The average molecular weight is 413 g/mol. The molecule has 0 aromatic heterocycles. The number of carbonyl (C=O) groups excluding carboxylic acids is 2. The van der Waals surface area contributed by atoms with E-state index in [9.17, 15) is 9.59 Å². The molecule has 0 amide bonds. The molecule has 0 aliphatic carbocycles. The fraction of sp³-hybridized carbons (Fsp3) is 0.440. The second kappa shape index (κ2) is 12.1. The minimum atomic E-state index is -0.596. The van der Waals surface area contributed by atoms with Crippen LogP contribution in [0.15, 0.2) is 48.5 Å². The van der Waals surface area contributed by atoms with Crippen molar-refractivity contribution < 1.29 is 23.8 Å². The van der Waals surface area contributed by atoms with Gasteiger partial charge in [0.25, 0.3) is 0 Å². The van der Waals surface area contributed by atoms with Crippen molar-refractivity contribution in [3.63, 3.8) is 0 Å². The van der Waals surface area contributed by atoms with Gasteiger partial charge in [-0.05, 0) is 62.1 Å². The fourth-order valence-corrected chi connectivity index (χ4v) is 2.88. The van der Waals surface area contributed by atoms with Crippen LogP contribution in [0, 0.1) is 0 Å². The topological polar surface area (TPSA) is 61.8 Å². The van der Waals surface area contributed by atoms with Crippen LogP contribution in [0.4, 0.5) is 0 Å². The van der Waals surface area contributed by atoms with Crippen LogP contribution in [0.1, 0.15) is 63.7 Å². The van der Waals surface area contributed by atoms with Crippen molar-refractivity contribution >= 4 is 11.9 Å². The van der Waals surface area contributed by atoms with Crippen molar-refractivity contribution in [1.82, 2.24) is 0 Å². The summed E-state index contributed by atoms with van der Waals surface area (Å²) < 4.78 is 16.2. The highest BCUT2D eigenvalue weighted by molar-refractivity contribution is 5.90. The van der Waals surface area contributed by atoms with Crippen molar-refractivity contribution in [2.24, 2.45) is 0 Å². The average Bonchev–Trinajstić information content (AvgIpc) is 2.76. The number of benzene rings is 2. The standard InChI is InChI=1S/C25H32O5/c1-5-7-8-18(3)29-25(27)22-11-9-20(10-12-22)21-13-15-23(16-14-21)30-24(26)19(4)28-17-6-2/h9-16,18-19H,5-8,17H2,1-4H3/t18-,19-/m0/s1. The normalized spacial score (nSPS) is 12.8. The van der Waals surface area contributed by atoms with Crippen LogP contribution in [-0.4, -0.2) is 30.8 Å². The number of carbonyl (C=O) groups is 2. The second-order valence-corrected chi connectivity index (χ2v) is 7.39. The number of hydrogen-bond acceptors (Lipinski definition) is 5. The molecular weight excluding hydrogens is 380 g/mol. The number of ether oxygens (including phenoxy) is 3. The second-order valence-electron chi connectivity index (χ2n) is 7.39. The molecule has 0 spiro atoms. The summed E-state index contributed by atoms with van der Waals surface area (Å²) >= 11 is 0. The monoisotopic (exact) mass is 412 g/mol. The molecule has 0 fully saturated rings. The Labute approximate surface area is 179 Å². The van der Waals surface area contributed by atoms with Gasteiger partial charge in [-0.25, -0.2) is 9.59 Å². The molecule has 5 heteroatoms. The zero-order valence-electron chi connectivity index (χ0n) is 18.4. The lowest BCUT2D eigenvalue weighted by Crippen LogP contribution is -2.26. The third kappa shape index (κ3) is 7.30. The molecule has 0 unspecified atom stereocenters.